The molecule has 516 valence electrons. The van der Waals surface area contributed by atoms with Crippen LogP contribution in [0.5, 0.6) is 0 Å². The second-order valence-corrected chi connectivity index (χ2v) is 25.5. The van der Waals surface area contributed by atoms with Gasteiger partial charge in [0.15, 0.2) is 0 Å². The van der Waals surface area contributed by atoms with Crippen LogP contribution in [0.2, 0.25) is 10.0 Å². The summed E-state index contributed by atoms with van der Waals surface area (Å²) in [5.41, 5.74) is 6.77. The van der Waals surface area contributed by atoms with Gasteiger partial charge in [-0.05, 0) is 164 Å². The van der Waals surface area contributed by atoms with Crippen LogP contribution in [0.3, 0.4) is 0 Å². The number of benzene rings is 6. The smallest absolute Gasteiger partial charge is 0.408 e. The number of esters is 2. The molecule has 8 amide bonds. The van der Waals surface area contributed by atoms with Gasteiger partial charge in [0.1, 0.15) is 25.3 Å². The minimum absolute atomic E-state index is 0.0106. The highest BCUT2D eigenvalue weighted by atomic mass is 35.5. The molecule has 22 nitrogen and oxygen atoms in total. The molecule has 1 aliphatic carbocycles. The molecule has 2 heterocycles. The molecule has 24 heteroatoms. The largest absolute Gasteiger partial charge is 0.467 e. The van der Waals surface area contributed by atoms with E-state index in [9.17, 15) is 47.9 Å². The van der Waals surface area contributed by atoms with E-state index in [2.05, 4.69) is 31.9 Å². The average Bonchev–Trinajstić information content (AvgIpc) is 1.61. The minimum Gasteiger partial charge on any atom is -0.467 e. The van der Waals surface area contributed by atoms with Gasteiger partial charge in [-0.15, -0.1) is 0 Å². The van der Waals surface area contributed by atoms with Crippen LogP contribution in [-0.2, 0) is 90.4 Å². The summed E-state index contributed by atoms with van der Waals surface area (Å²) in [5, 5.41) is 18.0. The van der Waals surface area contributed by atoms with Crippen LogP contribution in [-0.4, -0.2) is 122 Å². The van der Waals surface area contributed by atoms with E-state index in [0.29, 0.717) is 96.5 Å². The molecule has 2 aliphatic heterocycles. The van der Waals surface area contributed by atoms with Gasteiger partial charge in [-0.25, -0.2) is 19.2 Å². The van der Waals surface area contributed by atoms with Crippen molar-refractivity contribution in [1.82, 2.24) is 41.7 Å². The summed E-state index contributed by atoms with van der Waals surface area (Å²) in [6, 6.07) is 37.4. The predicted molar refractivity (Wildman–Crippen MR) is 365 cm³/mol. The third-order valence-corrected chi connectivity index (χ3v) is 18.2. The number of fused-ring (bicyclic) bond motifs is 2. The molecule has 6 N–H and O–H groups in total. The van der Waals surface area contributed by atoms with Gasteiger partial charge in [0.2, 0.25) is 11.8 Å². The molecule has 0 spiro atoms. The van der Waals surface area contributed by atoms with E-state index in [0.717, 1.165) is 22.3 Å². The van der Waals surface area contributed by atoms with Crippen LogP contribution in [0.15, 0.2) is 133 Å². The zero-order valence-corrected chi connectivity index (χ0v) is 56.4. The Hall–Kier alpha value is -9.80. The van der Waals surface area contributed by atoms with Gasteiger partial charge in [-0.3, -0.25) is 28.8 Å². The second-order valence-electron chi connectivity index (χ2n) is 24.6. The van der Waals surface area contributed by atoms with Gasteiger partial charge in [-0.2, -0.15) is 0 Å². The molecule has 6 aromatic carbocycles. The number of ether oxygens (including phenoxy) is 4. The lowest BCUT2D eigenvalue weighted by atomic mass is 9.80. The Labute approximate surface area is 579 Å². The molecule has 9 rings (SSSR count). The molecule has 0 radical (unpaired) electrons. The van der Waals surface area contributed by atoms with Gasteiger partial charge in [0.25, 0.3) is 23.6 Å². The van der Waals surface area contributed by atoms with E-state index >= 15 is 0 Å². The third kappa shape index (κ3) is 20.6. The van der Waals surface area contributed by atoms with Gasteiger partial charge >= 0.3 is 24.1 Å². The molecule has 6 aromatic rings. The summed E-state index contributed by atoms with van der Waals surface area (Å²) >= 11 is 12.2. The molecular weight excluding hydrogens is 1300 g/mol. The van der Waals surface area contributed by atoms with Crippen molar-refractivity contribution in [3.8, 4) is 0 Å². The average molecular weight is 1380 g/mol. The lowest BCUT2D eigenvalue weighted by Gasteiger charge is -2.32. The first-order valence-electron chi connectivity index (χ1n) is 33.0. The number of alkyl carbamates (subject to hydrolysis) is 2. The number of unbranched alkanes of at least 4 members (excludes halogenated alkanes) is 2. The Balaban J connectivity index is 0.816. The van der Waals surface area contributed by atoms with Crippen LogP contribution >= 0.6 is 23.2 Å². The number of hydrogen-bond acceptors (Lipinski definition) is 14. The Morgan fingerprint density at radius 3 is 1.11 bits per heavy atom. The lowest BCUT2D eigenvalue weighted by molar-refractivity contribution is -0.144. The van der Waals surface area contributed by atoms with Crippen molar-refractivity contribution in [2.45, 2.75) is 129 Å². The summed E-state index contributed by atoms with van der Waals surface area (Å²) < 4.78 is 20.5. The molecule has 1 saturated carbocycles. The van der Waals surface area contributed by atoms with Crippen LogP contribution < -0.4 is 31.9 Å². The van der Waals surface area contributed by atoms with E-state index < -0.39 is 71.7 Å². The number of rotatable bonds is 30. The summed E-state index contributed by atoms with van der Waals surface area (Å²) in [6.07, 6.45) is 3.46. The molecule has 3 aliphatic rings. The first-order valence-corrected chi connectivity index (χ1v) is 33.8. The lowest BCUT2D eigenvalue weighted by Crippen LogP contribution is -2.41. The van der Waals surface area contributed by atoms with Gasteiger partial charge in [0, 0.05) is 74.2 Å². The maximum Gasteiger partial charge on any atom is 0.408 e. The standard InChI is InChI=1S/C74H82Cl2N8O14/c1-95-71(91)63(81-73(93)97-45-49-14-5-3-6-15-49)20-9-11-32-77-65(85)59-37-53-41-83(43-55(53)39-61(59)67(87)79-34-30-47-22-26-57(75)27-23-47)69(89)51-18-13-19-52(36-51)70(90)84-42-54-38-60(62(40-56(54)44-84)68(88)80-35-31-48-24-28-58(76)29-25-48)66(86)78-33-12-10-21-64(72(92)96-2)82-74(94)98-46-50-16-7-4-8-17-50/h3-8,14-17,22-29,37-40,51-52,63-64H,9-13,18-21,30-36,41-46H2,1-2H3,(H,77,85)(H,78,86)(H,79,87)(H,80,88)(H,81,93)(H,82,94)/t51-,52+,63-,64-/m0/s1. The topological polar surface area (TPSA) is 286 Å². The highest BCUT2D eigenvalue weighted by Crippen LogP contribution is 2.37. The van der Waals surface area contributed by atoms with Crippen molar-refractivity contribution in [3.63, 3.8) is 0 Å². The van der Waals surface area contributed by atoms with Crippen molar-refractivity contribution in [1.29, 1.82) is 0 Å². The normalized spacial score (nSPS) is 15.1. The number of methoxy groups -OCH3 is 2. The van der Waals surface area contributed by atoms with E-state index in [4.69, 9.17) is 42.1 Å². The van der Waals surface area contributed by atoms with Crippen LogP contribution in [0.25, 0.3) is 0 Å². The van der Waals surface area contributed by atoms with E-state index in [-0.39, 0.29) is 112 Å². The number of halogens is 2. The second kappa shape index (κ2) is 36.0. The Morgan fingerprint density at radius 2 is 0.776 bits per heavy atom. The minimum atomic E-state index is -0.996. The summed E-state index contributed by atoms with van der Waals surface area (Å²) in [5.74, 6) is -4.55. The fourth-order valence-electron chi connectivity index (χ4n) is 12.4. The van der Waals surface area contributed by atoms with E-state index in [1.165, 1.54) is 14.2 Å². The van der Waals surface area contributed by atoms with Crippen LogP contribution in [0.1, 0.15) is 150 Å². The SMILES string of the molecule is COC(=O)[C@H](CCCCNC(=O)c1cc2c(cc1C(=O)NCCc1ccc(Cl)cc1)CN(C(=O)[C@@H]1CCC[C@H](C(=O)N3Cc4cc(C(=O)NCCCC[C@H](NC(=O)OCc5ccccc5)C(=O)OC)c(C(=O)NCCc5ccc(Cl)cc5)cc4C3)C1)C2)NC(=O)OCc1ccccc1. The van der Waals surface area contributed by atoms with Crippen LogP contribution in [0.4, 0.5) is 9.59 Å². The first kappa shape index (κ1) is 72.5. The molecule has 1 fully saturated rings. The summed E-state index contributed by atoms with van der Waals surface area (Å²) in [7, 11) is 2.45. The van der Waals surface area contributed by atoms with Gasteiger partial charge < -0.3 is 60.6 Å². The van der Waals surface area contributed by atoms with Crippen molar-refractivity contribution in [3.05, 3.63) is 210 Å². The van der Waals surface area contributed by atoms with Crippen molar-refractivity contribution in [2.75, 3.05) is 40.4 Å². The van der Waals surface area contributed by atoms with Gasteiger partial charge in [-0.1, -0.05) is 115 Å². The number of hydrogen-bond donors (Lipinski definition) is 6. The van der Waals surface area contributed by atoms with Crippen molar-refractivity contribution in [2.24, 2.45) is 11.8 Å². The maximum absolute atomic E-state index is 14.6. The Kier molecular flexibility index (Phi) is 26.6. The molecular formula is C74H82Cl2N8O14. The molecule has 0 aromatic heterocycles. The number of amides is 8. The molecule has 0 unspecified atom stereocenters. The predicted octanol–water partition coefficient (Wildman–Crippen LogP) is 9.87. The molecule has 0 saturated heterocycles. The van der Waals surface area contributed by atoms with Crippen LogP contribution in [0, 0.1) is 11.8 Å². The molecule has 0 bridgehead atoms. The number of nitrogens with one attached hydrogen (secondary N) is 6. The highest BCUT2D eigenvalue weighted by Gasteiger charge is 2.39. The quantitative estimate of drug-likeness (QED) is 0.0139. The third-order valence-electron chi connectivity index (χ3n) is 17.7. The molecule has 98 heavy (non-hydrogen) atoms. The molecule has 4 atom stereocenters. The van der Waals surface area contributed by atoms with Gasteiger partial charge in [0.05, 0.1) is 36.5 Å². The maximum atomic E-state index is 14.6. The number of carbonyl (C=O) groups is 10. The van der Waals surface area contributed by atoms with E-state index in [1.807, 2.05) is 60.7 Å². The van der Waals surface area contributed by atoms with Crippen molar-refractivity contribution >= 4 is 82.8 Å². The zero-order chi connectivity index (χ0) is 69.5. The Morgan fingerprint density at radius 1 is 0.439 bits per heavy atom. The number of nitrogens with zero attached hydrogens (tertiary/aromatic N) is 2. The van der Waals surface area contributed by atoms with Crippen molar-refractivity contribution < 1.29 is 66.9 Å². The summed E-state index contributed by atoms with van der Waals surface area (Å²) in [4.78, 5) is 140. The van der Waals surface area contributed by atoms with E-state index in [1.54, 1.807) is 82.6 Å². The monoisotopic (exact) mass is 1380 g/mol. The summed E-state index contributed by atoms with van der Waals surface area (Å²) in [6.45, 7) is 1.59. The Bertz CT molecular complexity index is 3580. The zero-order valence-electron chi connectivity index (χ0n) is 54.9. The number of carbonyl (C=O) groups excluding carboxylic acids is 10. The first-order chi connectivity index (χ1) is 47.4. The fraction of sp³-hybridized carbons (Fsp3) is 0.378. The highest BCUT2D eigenvalue weighted by molar-refractivity contribution is 6.30. The fourth-order valence-corrected chi connectivity index (χ4v) is 12.6.